The van der Waals surface area contributed by atoms with E-state index in [0.29, 0.717) is 16.6 Å². The van der Waals surface area contributed by atoms with Crippen molar-refractivity contribution < 1.29 is 9.53 Å². The van der Waals surface area contributed by atoms with Gasteiger partial charge in [-0.1, -0.05) is 23.9 Å². The number of carbonyl (C=O) groups excluding carboxylic acids is 1. The Balaban J connectivity index is 1.70. The summed E-state index contributed by atoms with van der Waals surface area (Å²) in [6, 6.07) is 15.7. The monoisotopic (exact) mass is 439 g/mol. The number of rotatable bonds is 9. The molecule has 2 aromatic carbocycles. The summed E-state index contributed by atoms with van der Waals surface area (Å²) in [6.45, 7) is 8.08. The molecule has 0 saturated carbocycles. The third-order valence-electron chi connectivity index (χ3n) is 5.11. The topological polar surface area (TPSA) is 72.3 Å². The third-order valence-corrected chi connectivity index (χ3v) is 6.24. The first-order valence-corrected chi connectivity index (χ1v) is 11.2. The van der Waals surface area contributed by atoms with Crippen LogP contribution in [0.5, 0.6) is 5.75 Å². The van der Waals surface area contributed by atoms with E-state index in [1.165, 1.54) is 17.4 Å². The first kappa shape index (κ1) is 22.7. The zero-order chi connectivity index (χ0) is 22.4. The van der Waals surface area contributed by atoms with E-state index >= 15 is 0 Å². The van der Waals surface area contributed by atoms with Gasteiger partial charge in [0.2, 0.25) is 5.91 Å². The molecular formula is C23H29N5O2S. The van der Waals surface area contributed by atoms with E-state index < -0.39 is 0 Å². The number of ether oxygens (including phenoxy) is 1. The zero-order valence-electron chi connectivity index (χ0n) is 18.6. The highest BCUT2D eigenvalue weighted by Gasteiger charge is 2.20. The standard InChI is InChI=1S/C23H29N5O2S/c1-6-28(7-2)18-14-12-17(13-15-18)21-25-26-23(27(21)4)31-16(3)22(29)24-19-10-8-9-11-20(19)30-5/h8-16H,6-7H2,1-5H3,(H,24,29). The Morgan fingerprint density at radius 2 is 1.81 bits per heavy atom. The molecule has 0 aliphatic rings. The summed E-state index contributed by atoms with van der Waals surface area (Å²) in [7, 11) is 3.50. The fourth-order valence-corrected chi connectivity index (χ4v) is 4.09. The Morgan fingerprint density at radius 3 is 2.45 bits per heavy atom. The molecule has 0 saturated heterocycles. The van der Waals surface area contributed by atoms with Gasteiger partial charge in [0.1, 0.15) is 5.75 Å². The van der Waals surface area contributed by atoms with Crippen LogP contribution in [0.3, 0.4) is 0 Å². The number of benzene rings is 2. The number of thioether (sulfide) groups is 1. The van der Waals surface area contributed by atoms with Crippen LogP contribution in [0, 0.1) is 0 Å². The summed E-state index contributed by atoms with van der Waals surface area (Å²) in [5, 5.41) is 11.9. The predicted octanol–water partition coefficient (Wildman–Crippen LogP) is 4.46. The summed E-state index contributed by atoms with van der Waals surface area (Å²) in [4.78, 5) is 15.0. The minimum Gasteiger partial charge on any atom is -0.495 e. The quantitative estimate of drug-likeness (QED) is 0.497. The molecule has 1 unspecified atom stereocenters. The summed E-state index contributed by atoms with van der Waals surface area (Å²) < 4.78 is 7.22. The molecule has 1 atom stereocenters. The Morgan fingerprint density at radius 1 is 1.13 bits per heavy atom. The highest BCUT2D eigenvalue weighted by molar-refractivity contribution is 8.00. The van der Waals surface area contributed by atoms with Crippen LogP contribution in [0.1, 0.15) is 20.8 Å². The van der Waals surface area contributed by atoms with Gasteiger partial charge in [0.05, 0.1) is 18.0 Å². The molecule has 3 rings (SSSR count). The fourth-order valence-electron chi connectivity index (χ4n) is 3.27. The second-order valence-electron chi connectivity index (χ2n) is 7.03. The number of methoxy groups -OCH3 is 1. The lowest BCUT2D eigenvalue weighted by atomic mass is 10.2. The molecule has 0 aliphatic carbocycles. The molecule has 3 aromatic rings. The maximum Gasteiger partial charge on any atom is 0.237 e. The van der Waals surface area contributed by atoms with Gasteiger partial charge in [-0.15, -0.1) is 10.2 Å². The highest BCUT2D eigenvalue weighted by atomic mass is 32.2. The first-order chi connectivity index (χ1) is 15.0. The van der Waals surface area contributed by atoms with Crippen molar-refractivity contribution in [2.45, 2.75) is 31.2 Å². The lowest BCUT2D eigenvalue weighted by molar-refractivity contribution is -0.115. The van der Waals surface area contributed by atoms with Gasteiger partial charge >= 0.3 is 0 Å². The maximum absolute atomic E-state index is 12.7. The van der Waals surface area contributed by atoms with E-state index in [1.807, 2.05) is 42.8 Å². The molecule has 1 amide bonds. The van der Waals surface area contributed by atoms with Crippen molar-refractivity contribution in [1.29, 1.82) is 0 Å². The maximum atomic E-state index is 12.7. The molecule has 7 nitrogen and oxygen atoms in total. The van der Waals surface area contributed by atoms with Crippen molar-refractivity contribution in [1.82, 2.24) is 14.8 Å². The van der Waals surface area contributed by atoms with E-state index in [1.54, 1.807) is 7.11 Å². The van der Waals surface area contributed by atoms with Crippen molar-refractivity contribution in [2.24, 2.45) is 7.05 Å². The predicted molar refractivity (Wildman–Crippen MR) is 127 cm³/mol. The van der Waals surface area contributed by atoms with Gasteiger partial charge in [-0.05, 0) is 57.2 Å². The Bertz CT molecular complexity index is 1020. The minimum atomic E-state index is -0.356. The normalized spacial score (nSPS) is 11.8. The van der Waals surface area contributed by atoms with Gasteiger partial charge in [0.25, 0.3) is 0 Å². The Labute approximate surface area is 187 Å². The largest absolute Gasteiger partial charge is 0.495 e. The van der Waals surface area contributed by atoms with Crippen LogP contribution in [0.4, 0.5) is 11.4 Å². The van der Waals surface area contributed by atoms with Gasteiger partial charge in [-0.25, -0.2) is 0 Å². The summed E-state index contributed by atoms with van der Waals surface area (Å²) in [6.07, 6.45) is 0. The van der Waals surface area contributed by atoms with Crippen molar-refractivity contribution in [3.8, 4) is 17.1 Å². The van der Waals surface area contributed by atoms with Crippen LogP contribution < -0.4 is 15.0 Å². The van der Waals surface area contributed by atoms with E-state index in [-0.39, 0.29) is 11.2 Å². The lowest BCUT2D eigenvalue weighted by Gasteiger charge is -2.21. The average molecular weight is 440 g/mol. The molecule has 0 radical (unpaired) electrons. The van der Waals surface area contributed by atoms with Crippen LogP contribution >= 0.6 is 11.8 Å². The second-order valence-corrected chi connectivity index (χ2v) is 8.34. The summed E-state index contributed by atoms with van der Waals surface area (Å²) in [5.74, 6) is 1.27. The van der Waals surface area contributed by atoms with Crippen LogP contribution in [-0.4, -0.2) is 46.1 Å². The van der Waals surface area contributed by atoms with Crippen LogP contribution in [0.15, 0.2) is 53.7 Å². The number of hydrogen-bond donors (Lipinski definition) is 1. The van der Waals surface area contributed by atoms with E-state index in [4.69, 9.17) is 4.74 Å². The van der Waals surface area contributed by atoms with E-state index in [0.717, 1.165) is 24.5 Å². The Kier molecular flexibility index (Phi) is 7.57. The molecule has 1 aromatic heterocycles. The molecular weight excluding hydrogens is 410 g/mol. The second kappa shape index (κ2) is 10.3. The molecule has 1 N–H and O–H groups in total. The molecule has 0 fully saturated rings. The number of hydrogen-bond acceptors (Lipinski definition) is 6. The molecule has 8 heteroatoms. The lowest BCUT2D eigenvalue weighted by Crippen LogP contribution is -2.23. The molecule has 31 heavy (non-hydrogen) atoms. The van der Waals surface area contributed by atoms with Gasteiger partial charge in [0, 0.05) is 31.4 Å². The first-order valence-electron chi connectivity index (χ1n) is 10.3. The zero-order valence-corrected chi connectivity index (χ0v) is 19.4. The average Bonchev–Trinajstić information content (AvgIpc) is 3.15. The van der Waals surface area contributed by atoms with Gasteiger partial charge in [-0.2, -0.15) is 0 Å². The van der Waals surface area contributed by atoms with Gasteiger partial charge in [-0.3, -0.25) is 4.79 Å². The van der Waals surface area contributed by atoms with Crippen LogP contribution in [-0.2, 0) is 11.8 Å². The number of nitrogens with one attached hydrogen (secondary N) is 1. The molecule has 0 spiro atoms. The van der Waals surface area contributed by atoms with E-state index in [2.05, 4.69) is 58.5 Å². The summed E-state index contributed by atoms with van der Waals surface area (Å²) >= 11 is 1.37. The number of carbonyl (C=O) groups is 1. The SMILES string of the molecule is CCN(CC)c1ccc(-c2nnc(SC(C)C(=O)Nc3ccccc3OC)n2C)cc1. The number of anilines is 2. The van der Waals surface area contributed by atoms with Gasteiger partial charge in [0.15, 0.2) is 11.0 Å². The van der Waals surface area contributed by atoms with Crippen LogP contribution in [0.2, 0.25) is 0 Å². The minimum absolute atomic E-state index is 0.123. The molecule has 0 bridgehead atoms. The third kappa shape index (κ3) is 5.19. The molecule has 1 heterocycles. The fraction of sp³-hybridized carbons (Fsp3) is 0.348. The molecule has 0 aliphatic heterocycles. The number of amides is 1. The van der Waals surface area contributed by atoms with Crippen molar-refractivity contribution in [2.75, 3.05) is 30.4 Å². The number of para-hydroxylation sites is 2. The summed E-state index contributed by atoms with van der Waals surface area (Å²) in [5.41, 5.74) is 2.82. The van der Waals surface area contributed by atoms with E-state index in [9.17, 15) is 4.79 Å². The van der Waals surface area contributed by atoms with Crippen LogP contribution in [0.25, 0.3) is 11.4 Å². The number of aromatic nitrogens is 3. The number of nitrogens with zero attached hydrogens (tertiary/aromatic N) is 4. The van der Waals surface area contributed by atoms with Crippen molar-refractivity contribution in [3.63, 3.8) is 0 Å². The Hall–Kier alpha value is -3.00. The highest BCUT2D eigenvalue weighted by Crippen LogP contribution is 2.29. The van der Waals surface area contributed by atoms with Crippen molar-refractivity contribution in [3.05, 3.63) is 48.5 Å². The molecule has 164 valence electrons. The van der Waals surface area contributed by atoms with Crippen molar-refractivity contribution >= 4 is 29.0 Å². The smallest absolute Gasteiger partial charge is 0.237 e. The van der Waals surface area contributed by atoms with Gasteiger partial charge < -0.3 is 19.5 Å².